The van der Waals surface area contributed by atoms with Crippen LogP contribution in [0.25, 0.3) is 10.8 Å². The fraction of sp³-hybridized carbons (Fsp3) is 0.0909. The molecule has 0 N–H and O–H groups in total. The first-order chi connectivity index (χ1) is 6.66. The molecule has 0 aliphatic carbocycles. The molecule has 0 spiro atoms. The first-order valence-corrected chi connectivity index (χ1v) is 5.34. The van der Waals surface area contributed by atoms with E-state index in [1.807, 2.05) is 31.2 Å². The predicted molar refractivity (Wildman–Crippen MR) is 55.9 cm³/mol. The Morgan fingerprint density at radius 1 is 1.07 bits per heavy atom. The van der Waals surface area contributed by atoms with Crippen molar-refractivity contribution in [3.05, 3.63) is 42.0 Å². The number of fused-ring (bicyclic) bond motifs is 1. The number of benzene rings is 2. The third-order valence-corrected chi connectivity index (χ3v) is 2.80. The minimum absolute atomic E-state index is 0. The topological polar surface area (TPSA) is 40.1 Å². The molecule has 0 amide bonds. The summed E-state index contributed by atoms with van der Waals surface area (Å²) in [5.41, 5.74) is 1.17. The SMILES string of the molecule is Cc1ccc2cc(S(=O)[O-])ccc2c1.[Na+]. The van der Waals surface area contributed by atoms with Gasteiger partial charge in [-0.3, -0.25) is 4.21 Å². The van der Waals surface area contributed by atoms with Gasteiger partial charge in [-0.05, 0) is 40.9 Å². The van der Waals surface area contributed by atoms with E-state index in [0.29, 0.717) is 4.90 Å². The summed E-state index contributed by atoms with van der Waals surface area (Å²) in [6, 6.07) is 11.1. The second kappa shape index (κ2) is 5.23. The van der Waals surface area contributed by atoms with Crippen LogP contribution >= 0.6 is 0 Å². The van der Waals surface area contributed by atoms with Crippen LogP contribution in [0.2, 0.25) is 0 Å². The van der Waals surface area contributed by atoms with E-state index in [-0.39, 0.29) is 29.6 Å². The van der Waals surface area contributed by atoms with Gasteiger partial charge in [0.1, 0.15) is 0 Å². The van der Waals surface area contributed by atoms with Crippen molar-refractivity contribution in [2.75, 3.05) is 0 Å². The van der Waals surface area contributed by atoms with Crippen LogP contribution in [0.1, 0.15) is 5.56 Å². The van der Waals surface area contributed by atoms with Gasteiger partial charge in [-0.25, -0.2) is 0 Å². The summed E-state index contributed by atoms with van der Waals surface area (Å²) in [7, 11) is 0. The standard InChI is InChI=1S/C11H10O2S.Na/c1-8-2-3-10-7-11(14(12)13)5-4-9(10)6-8;/h2-7H,1H3,(H,12,13);/q;+1/p-1. The molecule has 4 heteroatoms. The van der Waals surface area contributed by atoms with Gasteiger partial charge in [0.2, 0.25) is 0 Å². The molecule has 0 bridgehead atoms. The average Bonchev–Trinajstić information content (AvgIpc) is 2.16. The summed E-state index contributed by atoms with van der Waals surface area (Å²) < 4.78 is 21.4. The van der Waals surface area contributed by atoms with Crippen LogP contribution in [0.3, 0.4) is 0 Å². The van der Waals surface area contributed by atoms with Crippen LogP contribution in [-0.4, -0.2) is 8.76 Å². The number of hydrogen-bond acceptors (Lipinski definition) is 2. The van der Waals surface area contributed by atoms with E-state index >= 15 is 0 Å². The molecular weight excluding hydrogens is 219 g/mol. The van der Waals surface area contributed by atoms with Crippen LogP contribution in [0.5, 0.6) is 0 Å². The zero-order chi connectivity index (χ0) is 10.1. The summed E-state index contributed by atoms with van der Waals surface area (Å²) in [6.07, 6.45) is 0. The molecule has 0 radical (unpaired) electrons. The van der Waals surface area contributed by atoms with Crippen molar-refractivity contribution in [3.63, 3.8) is 0 Å². The van der Waals surface area contributed by atoms with Crippen molar-refractivity contribution < 1.29 is 38.3 Å². The molecule has 0 heterocycles. The fourth-order valence-corrected chi connectivity index (χ4v) is 1.85. The molecule has 2 aromatic rings. The van der Waals surface area contributed by atoms with Gasteiger partial charge < -0.3 is 4.55 Å². The van der Waals surface area contributed by atoms with Gasteiger partial charge in [-0.1, -0.05) is 29.8 Å². The summed E-state index contributed by atoms with van der Waals surface area (Å²) in [5, 5.41) is 2.02. The van der Waals surface area contributed by atoms with Crippen molar-refractivity contribution in [3.8, 4) is 0 Å². The van der Waals surface area contributed by atoms with Crippen LogP contribution < -0.4 is 29.6 Å². The van der Waals surface area contributed by atoms with E-state index in [9.17, 15) is 8.76 Å². The van der Waals surface area contributed by atoms with Crippen LogP contribution in [0.15, 0.2) is 41.3 Å². The molecule has 2 nitrogen and oxygen atoms in total. The second-order valence-corrected chi connectivity index (χ2v) is 4.19. The number of aryl methyl sites for hydroxylation is 1. The Balaban J connectivity index is 0.00000112. The Hall–Kier alpha value is -0.190. The van der Waals surface area contributed by atoms with Crippen LogP contribution in [0, 0.1) is 6.92 Å². The Morgan fingerprint density at radius 3 is 2.33 bits per heavy atom. The molecule has 0 saturated carbocycles. The van der Waals surface area contributed by atoms with Gasteiger partial charge >= 0.3 is 29.6 Å². The van der Waals surface area contributed by atoms with Crippen LogP contribution in [0.4, 0.5) is 0 Å². The number of rotatable bonds is 1. The fourth-order valence-electron chi connectivity index (χ4n) is 1.45. The quantitative estimate of drug-likeness (QED) is 0.482. The molecule has 1 unspecified atom stereocenters. The molecule has 0 saturated heterocycles. The third-order valence-electron chi connectivity index (χ3n) is 2.16. The Labute approximate surface area is 113 Å². The zero-order valence-electron chi connectivity index (χ0n) is 8.69. The van der Waals surface area contributed by atoms with E-state index in [1.54, 1.807) is 12.1 Å². The first-order valence-electron chi connectivity index (χ1n) is 4.26. The molecule has 0 fully saturated rings. The van der Waals surface area contributed by atoms with E-state index in [2.05, 4.69) is 0 Å². The van der Waals surface area contributed by atoms with E-state index in [4.69, 9.17) is 0 Å². The zero-order valence-corrected chi connectivity index (χ0v) is 11.5. The molecule has 1 atom stereocenters. The van der Waals surface area contributed by atoms with E-state index in [0.717, 1.165) is 10.8 Å². The largest absolute Gasteiger partial charge is 1.00 e. The average molecular weight is 228 g/mol. The predicted octanol–water partition coefficient (Wildman–Crippen LogP) is -0.610. The molecular formula is C11H9NaO2S. The number of hydrogen-bond donors (Lipinski definition) is 0. The van der Waals surface area contributed by atoms with Crippen molar-refractivity contribution in [1.29, 1.82) is 0 Å². The smallest absolute Gasteiger partial charge is 0.768 e. The monoisotopic (exact) mass is 228 g/mol. The van der Waals surface area contributed by atoms with Gasteiger partial charge in [-0.2, -0.15) is 0 Å². The minimum atomic E-state index is -2.14. The summed E-state index contributed by atoms with van der Waals surface area (Å²) in [6.45, 7) is 2.01. The molecule has 2 rings (SSSR count). The first kappa shape index (κ1) is 12.9. The molecule has 15 heavy (non-hydrogen) atoms. The summed E-state index contributed by atoms with van der Waals surface area (Å²) in [5.74, 6) is 0. The Bertz CT molecular complexity index is 511. The summed E-state index contributed by atoms with van der Waals surface area (Å²) >= 11 is -2.14. The second-order valence-electron chi connectivity index (χ2n) is 3.25. The van der Waals surface area contributed by atoms with Gasteiger partial charge in [-0.15, -0.1) is 0 Å². The van der Waals surface area contributed by atoms with Crippen molar-refractivity contribution in [1.82, 2.24) is 0 Å². The Kier molecular flexibility index (Phi) is 4.49. The Morgan fingerprint density at radius 2 is 1.67 bits per heavy atom. The normalized spacial score (nSPS) is 12.1. The van der Waals surface area contributed by atoms with Gasteiger partial charge in [0.25, 0.3) is 0 Å². The van der Waals surface area contributed by atoms with Crippen molar-refractivity contribution >= 4 is 21.9 Å². The molecule has 2 aromatic carbocycles. The molecule has 0 aromatic heterocycles. The van der Waals surface area contributed by atoms with E-state index in [1.165, 1.54) is 5.56 Å². The van der Waals surface area contributed by atoms with Gasteiger partial charge in [0.15, 0.2) is 0 Å². The van der Waals surface area contributed by atoms with Gasteiger partial charge in [0.05, 0.1) is 0 Å². The minimum Gasteiger partial charge on any atom is -0.768 e. The molecule has 0 aliphatic heterocycles. The van der Waals surface area contributed by atoms with Crippen molar-refractivity contribution in [2.45, 2.75) is 11.8 Å². The third kappa shape index (κ3) is 2.89. The molecule has 0 aliphatic rings. The maximum Gasteiger partial charge on any atom is 1.00 e. The van der Waals surface area contributed by atoms with Crippen LogP contribution in [-0.2, 0) is 11.1 Å². The van der Waals surface area contributed by atoms with Gasteiger partial charge in [0, 0.05) is 4.90 Å². The van der Waals surface area contributed by atoms with E-state index < -0.39 is 11.1 Å². The van der Waals surface area contributed by atoms with Crippen molar-refractivity contribution in [2.24, 2.45) is 0 Å². The summed E-state index contributed by atoms with van der Waals surface area (Å²) in [4.78, 5) is 0.335. The maximum absolute atomic E-state index is 10.7. The molecule has 72 valence electrons. The maximum atomic E-state index is 10.7.